The van der Waals surface area contributed by atoms with Gasteiger partial charge in [0.05, 0.1) is 6.20 Å². The molecular formula is C9H17ClN4O2S. The van der Waals surface area contributed by atoms with Crippen LogP contribution < -0.4 is 10.0 Å². The van der Waals surface area contributed by atoms with E-state index in [1.54, 1.807) is 7.05 Å². The lowest BCUT2D eigenvalue weighted by Crippen LogP contribution is -2.37. The Hall–Kier alpha value is -0.630. The van der Waals surface area contributed by atoms with Crippen LogP contribution in [0.5, 0.6) is 0 Å². The first-order valence-corrected chi connectivity index (χ1v) is 6.78. The average molecular weight is 281 g/mol. The van der Waals surface area contributed by atoms with E-state index in [2.05, 4.69) is 15.1 Å². The van der Waals surface area contributed by atoms with Gasteiger partial charge in [0.2, 0.25) is 10.0 Å². The zero-order valence-electron chi connectivity index (χ0n) is 9.59. The van der Waals surface area contributed by atoms with Gasteiger partial charge in [0.1, 0.15) is 4.90 Å². The molecule has 2 N–H and O–H groups in total. The van der Waals surface area contributed by atoms with Crippen LogP contribution >= 0.6 is 12.4 Å². The third-order valence-corrected chi connectivity index (χ3v) is 4.05. The van der Waals surface area contributed by atoms with Gasteiger partial charge in [-0.25, -0.2) is 13.1 Å². The fourth-order valence-electron chi connectivity index (χ4n) is 1.76. The largest absolute Gasteiger partial charge is 0.313 e. The summed E-state index contributed by atoms with van der Waals surface area (Å²) < 4.78 is 27.7. The Balaban J connectivity index is 0.00000144. The van der Waals surface area contributed by atoms with Crippen molar-refractivity contribution in [3.63, 3.8) is 0 Å². The van der Waals surface area contributed by atoms with Gasteiger partial charge >= 0.3 is 0 Å². The first-order valence-electron chi connectivity index (χ1n) is 5.29. The lowest BCUT2D eigenvalue weighted by atomic mass is 10.2. The van der Waals surface area contributed by atoms with E-state index in [-0.39, 0.29) is 23.3 Å². The molecule has 1 aliphatic rings. The van der Waals surface area contributed by atoms with Crippen LogP contribution in [0.4, 0.5) is 0 Å². The predicted molar refractivity (Wildman–Crippen MR) is 66.7 cm³/mol. The van der Waals surface area contributed by atoms with Crippen LogP contribution in [-0.4, -0.2) is 37.3 Å². The standard InChI is InChI=1S/C9H16N4O2S.ClH/c1-13-7-9(6-11-13)16(14,15)12-5-8-3-2-4-10-8;/h6-8,10,12H,2-5H2,1H3;1H. The zero-order valence-corrected chi connectivity index (χ0v) is 11.2. The molecule has 8 heteroatoms. The second-order valence-electron chi connectivity index (χ2n) is 3.99. The molecule has 0 spiro atoms. The molecule has 0 saturated carbocycles. The number of hydrogen-bond donors (Lipinski definition) is 2. The van der Waals surface area contributed by atoms with Crippen LogP contribution in [0.25, 0.3) is 0 Å². The number of hydrogen-bond acceptors (Lipinski definition) is 4. The molecule has 1 atom stereocenters. The molecule has 6 nitrogen and oxygen atoms in total. The maximum Gasteiger partial charge on any atom is 0.243 e. The number of sulfonamides is 1. The molecular weight excluding hydrogens is 264 g/mol. The van der Waals surface area contributed by atoms with E-state index in [0.29, 0.717) is 6.54 Å². The van der Waals surface area contributed by atoms with Crippen molar-refractivity contribution in [1.82, 2.24) is 19.8 Å². The van der Waals surface area contributed by atoms with E-state index in [4.69, 9.17) is 0 Å². The summed E-state index contributed by atoms with van der Waals surface area (Å²) in [7, 11) is -1.71. The molecule has 1 unspecified atom stereocenters. The van der Waals surface area contributed by atoms with Crippen molar-refractivity contribution in [3.05, 3.63) is 12.4 Å². The molecule has 17 heavy (non-hydrogen) atoms. The summed E-state index contributed by atoms with van der Waals surface area (Å²) in [6.07, 6.45) is 4.98. The van der Waals surface area contributed by atoms with Crippen molar-refractivity contribution in [3.8, 4) is 0 Å². The van der Waals surface area contributed by atoms with Crippen LogP contribution in [0.1, 0.15) is 12.8 Å². The lowest BCUT2D eigenvalue weighted by molar-refractivity contribution is 0.551. The Morgan fingerprint density at radius 2 is 2.41 bits per heavy atom. The van der Waals surface area contributed by atoms with Gasteiger partial charge in [-0.05, 0) is 19.4 Å². The topological polar surface area (TPSA) is 76.0 Å². The molecule has 1 fully saturated rings. The molecule has 2 heterocycles. The van der Waals surface area contributed by atoms with Crippen LogP contribution in [-0.2, 0) is 17.1 Å². The quantitative estimate of drug-likeness (QED) is 0.806. The van der Waals surface area contributed by atoms with Gasteiger partial charge in [0, 0.05) is 25.8 Å². The van der Waals surface area contributed by atoms with E-state index >= 15 is 0 Å². The first-order chi connectivity index (χ1) is 7.58. The molecule has 0 bridgehead atoms. The predicted octanol–water partition coefficient (Wildman–Crippen LogP) is -0.128. The molecule has 0 aromatic carbocycles. The summed E-state index contributed by atoms with van der Waals surface area (Å²) in [5, 5.41) is 7.08. The Kier molecular flexibility index (Phi) is 4.93. The fraction of sp³-hybridized carbons (Fsp3) is 0.667. The highest BCUT2D eigenvalue weighted by atomic mass is 35.5. The molecule has 1 aromatic heterocycles. The minimum absolute atomic E-state index is 0. The number of aromatic nitrogens is 2. The Labute approximate surface area is 107 Å². The smallest absolute Gasteiger partial charge is 0.243 e. The maximum absolute atomic E-state index is 11.8. The molecule has 1 saturated heterocycles. The summed E-state index contributed by atoms with van der Waals surface area (Å²) >= 11 is 0. The highest BCUT2D eigenvalue weighted by Gasteiger charge is 2.20. The second kappa shape index (κ2) is 5.81. The first kappa shape index (κ1) is 14.4. The summed E-state index contributed by atoms with van der Waals surface area (Å²) in [5.41, 5.74) is 0. The molecule has 0 amide bonds. The molecule has 1 aliphatic heterocycles. The van der Waals surface area contributed by atoms with E-state index in [9.17, 15) is 8.42 Å². The Morgan fingerprint density at radius 1 is 1.65 bits per heavy atom. The summed E-state index contributed by atoms with van der Waals surface area (Å²) in [5.74, 6) is 0. The van der Waals surface area contributed by atoms with Crippen molar-refractivity contribution in [2.24, 2.45) is 7.05 Å². The zero-order chi connectivity index (χ0) is 11.6. The summed E-state index contributed by atoms with van der Waals surface area (Å²) in [6.45, 7) is 1.41. The maximum atomic E-state index is 11.8. The van der Waals surface area contributed by atoms with Gasteiger partial charge < -0.3 is 5.32 Å². The highest BCUT2D eigenvalue weighted by molar-refractivity contribution is 7.89. The molecule has 0 radical (unpaired) electrons. The molecule has 2 rings (SSSR count). The van der Waals surface area contributed by atoms with Crippen LogP contribution in [0.3, 0.4) is 0 Å². The Morgan fingerprint density at radius 3 is 2.94 bits per heavy atom. The van der Waals surface area contributed by atoms with Crippen molar-refractivity contribution >= 4 is 22.4 Å². The summed E-state index contributed by atoms with van der Waals surface area (Å²) in [4.78, 5) is 0.216. The van der Waals surface area contributed by atoms with Crippen molar-refractivity contribution in [1.29, 1.82) is 0 Å². The van der Waals surface area contributed by atoms with E-state index in [1.807, 2.05) is 0 Å². The average Bonchev–Trinajstić information content (AvgIpc) is 2.85. The number of nitrogens with one attached hydrogen (secondary N) is 2. The van der Waals surface area contributed by atoms with Gasteiger partial charge in [-0.2, -0.15) is 5.10 Å². The minimum atomic E-state index is -3.40. The number of rotatable bonds is 4. The van der Waals surface area contributed by atoms with E-state index in [0.717, 1.165) is 19.4 Å². The van der Waals surface area contributed by atoms with Gasteiger partial charge in [-0.3, -0.25) is 4.68 Å². The third kappa shape index (κ3) is 3.67. The SMILES string of the molecule is Cl.Cn1cc(S(=O)(=O)NCC2CCCN2)cn1. The van der Waals surface area contributed by atoms with Gasteiger partial charge in [-0.1, -0.05) is 0 Å². The molecule has 0 aliphatic carbocycles. The number of halogens is 1. The number of aryl methyl sites for hydroxylation is 1. The Bertz CT molecular complexity index is 453. The van der Waals surface area contributed by atoms with Crippen molar-refractivity contribution in [2.45, 2.75) is 23.8 Å². The van der Waals surface area contributed by atoms with E-state index < -0.39 is 10.0 Å². The number of nitrogens with zero attached hydrogens (tertiary/aromatic N) is 2. The lowest BCUT2D eigenvalue weighted by Gasteiger charge is -2.10. The minimum Gasteiger partial charge on any atom is -0.313 e. The van der Waals surface area contributed by atoms with Gasteiger partial charge in [0.25, 0.3) is 0 Å². The van der Waals surface area contributed by atoms with Crippen LogP contribution in [0.15, 0.2) is 17.3 Å². The van der Waals surface area contributed by atoms with Crippen molar-refractivity contribution < 1.29 is 8.42 Å². The van der Waals surface area contributed by atoms with E-state index in [1.165, 1.54) is 17.1 Å². The second-order valence-corrected chi connectivity index (χ2v) is 5.76. The monoisotopic (exact) mass is 280 g/mol. The van der Waals surface area contributed by atoms with Gasteiger partial charge in [0.15, 0.2) is 0 Å². The van der Waals surface area contributed by atoms with Crippen LogP contribution in [0, 0.1) is 0 Å². The fourth-order valence-corrected chi connectivity index (χ4v) is 2.83. The molecule has 98 valence electrons. The summed E-state index contributed by atoms with van der Waals surface area (Å²) in [6, 6.07) is 0.256. The normalized spacial score (nSPS) is 20.2. The van der Waals surface area contributed by atoms with Crippen molar-refractivity contribution in [2.75, 3.05) is 13.1 Å². The molecule has 1 aromatic rings. The highest BCUT2D eigenvalue weighted by Crippen LogP contribution is 2.08. The third-order valence-electron chi connectivity index (χ3n) is 2.67. The van der Waals surface area contributed by atoms with Gasteiger partial charge in [-0.15, -0.1) is 12.4 Å². The van der Waals surface area contributed by atoms with Crippen LogP contribution in [0.2, 0.25) is 0 Å².